The Hall–Kier alpha value is -1.60. The number of aliphatic hydroxyl groups is 1. The second-order valence-electron chi connectivity index (χ2n) is 11.4. The summed E-state index contributed by atoms with van der Waals surface area (Å²) in [6.45, 7) is 7.33. The largest absolute Gasteiger partial charge is 0.450 e. The van der Waals surface area contributed by atoms with Crippen LogP contribution in [-0.2, 0) is 19.1 Å². The topological polar surface area (TPSA) is 80.7 Å². The highest BCUT2D eigenvalue weighted by Crippen LogP contribution is 2.69. The lowest BCUT2D eigenvalue weighted by molar-refractivity contribution is -0.204. The lowest BCUT2D eigenvalue weighted by Gasteiger charge is -2.60. The molecule has 0 aliphatic heterocycles. The van der Waals surface area contributed by atoms with Gasteiger partial charge in [0.15, 0.2) is 17.2 Å². The molecule has 0 heterocycles. The van der Waals surface area contributed by atoms with Crippen molar-refractivity contribution in [3.8, 4) is 0 Å². The van der Waals surface area contributed by atoms with E-state index in [2.05, 4.69) is 0 Å². The van der Waals surface area contributed by atoms with Gasteiger partial charge in [-0.25, -0.2) is 8.78 Å². The molecule has 1 N–H and O–H groups in total. The SMILES string of the molecule is CCCCC(=O)O[C@]1(C(=O)CCl)C(C)C[C@H]2[C@@H]3CC(F)C4=C(F)C(=O)C=C[C@]4(C)[C@H]3C(O)C[C@@]21C. The molecule has 0 aromatic carbocycles. The van der Waals surface area contributed by atoms with E-state index in [4.69, 9.17) is 16.3 Å². The average Bonchev–Trinajstić information content (AvgIpc) is 3.01. The van der Waals surface area contributed by atoms with Crippen molar-refractivity contribution < 1.29 is 33.0 Å². The number of halogens is 3. The minimum Gasteiger partial charge on any atom is -0.450 e. The normalized spacial score (nSPS) is 44.5. The highest BCUT2D eigenvalue weighted by Gasteiger charge is 2.73. The molecule has 4 aliphatic carbocycles. The standard InChI is InChI=1S/C27H35ClF2O5/c1-5-6-7-21(34)35-27(20(33)13-28)14(2)10-16-15-11-17(29)23-24(30)18(31)8-9-25(23,3)22(15)19(32)12-26(16,27)4/h8-9,14-17,19,22,32H,5-7,10-13H2,1-4H3/t14?,15-,16-,17?,19?,22+,25+,26-,27-/m0/s1. The molecule has 3 saturated carbocycles. The molecule has 35 heavy (non-hydrogen) atoms. The Morgan fingerprint density at radius 1 is 1.29 bits per heavy atom. The van der Waals surface area contributed by atoms with E-state index in [1.165, 1.54) is 6.08 Å². The highest BCUT2D eigenvalue weighted by atomic mass is 35.5. The van der Waals surface area contributed by atoms with Crippen molar-refractivity contribution in [2.24, 2.45) is 34.5 Å². The van der Waals surface area contributed by atoms with Crippen molar-refractivity contribution in [2.45, 2.75) is 84.1 Å². The first-order valence-electron chi connectivity index (χ1n) is 12.7. The number of carbonyl (C=O) groups excluding carboxylic acids is 3. The number of unbranched alkanes of at least 4 members (excludes halogenated alkanes) is 1. The van der Waals surface area contributed by atoms with Crippen LogP contribution in [0.1, 0.15) is 66.2 Å². The van der Waals surface area contributed by atoms with E-state index < -0.39 is 63.9 Å². The van der Waals surface area contributed by atoms with Crippen molar-refractivity contribution in [3.05, 3.63) is 23.6 Å². The first-order chi connectivity index (χ1) is 16.4. The molecule has 0 aromatic heterocycles. The van der Waals surface area contributed by atoms with Crippen LogP contribution < -0.4 is 0 Å². The van der Waals surface area contributed by atoms with Crippen LogP contribution in [0.2, 0.25) is 0 Å². The first kappa shape index (κ1) is 26.5. The zero-order valence-electron chi connectivity index (χ0n) is 20.8. The predicted molar refractivity (Wildman–Crippen MR) is 127 cm³/mol. The molecule has 3 fully saturated rings. The summed E-state index contributed by atoms with van der Waals surface area (Å²) in [4.78, 5) is 38.3. The molecule has 0 aromatic rings. The van der Waals surface area contributed by atoms with Gasteiger partial charge in [-0.3, -0.25) is 14.4 Å². The molecule has 0 radical (unpaired) electrons. The molecule has 0 spiro atoms. The molecule has 4 aliphatic rings. The molecule has 0 bridgehead atoms. The lowest BCUT2D eigenvalue weighted by Crippen LogP contribution is -2.64. The summed E-state index contributed by atoms with van der Waals surface area (Å²) < 4.78 is 36.5. The van der Waals surface area contributed by atoms with Crippen molar-refractivity contribution in [1.29, 1.82) is 0 Å². The molecule has 9 atom stereocenters. The van der Waals surface area contributed by atoms with Crippen LogP contribution in [0, 0.1) is 34.5 Å². The summed E-state index contributed by atoms with van der Waals surface area (Å²) in [6.07, 6.45) is 2.08. The van der Waals surface area contributed by atoms with Gasteiger partial charge in [-0.1, -0.05) is 40.2 Å². The van der Waals surface area contributed by atoms with E-state index >= 15 is 4.39 Å². The number of ether oxygens (including phenoxy) is 1. The van der Waals surface area contributed by atoms with E-state index in [-0.39, 0.29) is 42.6 Å². The molecule has 8 heteroatoms. The van der Waals surface area contributed by atoms with Crippen molar-refractivity contribution in [3.63, 3.8) is 0 Å². The van der Waals surface area contributed by atoms with E-state index in [1.807, 2.05) is 20.8 Å². The third-order valence-corrected chi connectivity index (χ3v) is 9.88. The van der Waals surface area contributed by atoms with Crippen LogP contribution >= 0.6 is 11.6 Å². The lowest BCUT2D eigenvalue weighted by atomic mass is 9.45. The van der Waals surface area contributed by atoms with Gasteiger partial charge >= 0.3 is 5.97 Å². The fourth-order valence-corrected chi connectivity index (χ4v) is 8.47. The zero-order chi connectivity index (χ0) is 25.9. The van der Waals surface area contributed by atoms with E-state index in [1.54, 1.807) is 6.92 Å². The summed E-state index contributed by atoms with van der Waals surface area (Å²) in [5, 5.41) is 11.5. The maximum Gasteiger partial charge on any atom is 0.306 e. The third kappa shape index (κ3) is 3.58. The number of allylic oxidation sites excluding steroid dienone is 4. The Morgan fingerprint density at radius 3 is 2.60 bits per heavy atom. The van der Waals surface area contributed by atoms with Crippen LogP contribution in [0.4, 0.5) is 8.78 Å². The molecule has 194 valence electrons. The van der Waals surface area contributed by atoms with Gasteiger partial charge in [0, 0.05) is 34.7 Å². The Labute approximate surface area is 210 Å². The third-order valence-electron chi connectivity index (χ3n) is 9.64. The Bertz CT molecular complexity index is 994. The monoisotopic (exact) mass is 512 g/mol. The van der Waals surface area contributed by atoms with E-state index in [0.717, 1.165) is 12.5 Å². The summed E-state index contributed by atoms with van der Waals surface area (Å²) in [7, 11) is 0. The first-order valence-corrected chi connectivity index (χ1v) is 13.2. The molecule has 4 rings (SSSR count). The van der Waals surface area contributed by atoms with E-state index in [0.29, 0.717) is 12.8 Å². The second kappa shape index (κ2) is 9.05. The summed E-state index contributed by atoms with van der Waals surface area (Å²) in [6, 6.07) is 0. The zero-order valence-corrected chi connectivity index (χ0v) is 21.5. The number of aliphatic hydroxyl groups excluding tert-OH is 1. The molecular weight excluding hydrogens is 478 g/mol. The Morgan fingerprint density at radius 2 is 1.97 bits per heavy atom. The summed E-state index contributed by atoms with van der Waals surface area (Å²) in [5.74, 6) is -4.73. The smallest absolute Gasteiger partial charge is 0.306 e. The van der Waals surface area contributed by atoms with E-state index in [9.17, 15) is 23.9 Å². The average molecular weight is 513 g/mol. The van der Waals surface area contributed by atoms with Crippen LogP contribution in [0.25, 0.3) is 0 Å². The molecule has 0 saturated heterocycles. The molecule has 0 amide bonds. The number of hydrogen-bond acceptors (Lipinski definition) is 5. The van der Waals surface area contributed by atoms with Crippen LogP contribution in [0.3, 0.4) is 0 Å². The Kier molecular flexibility index (Phi) is 6.85. The van der Waals surface area contributed by atoms with Crippen molar-refractivity contribution >= 4 is 29.1 Å². The molecule has 5 nitrogen and oxygen atoms in total. The van der Waals surface area contributed by atoms with Crippen molar-refractivity contribution in [2.75, 3.05) is 5.88 Å². The van der Waals surface area contributed by atoms with Crippen LogP contribution in [-0.4, -0.2) is 46.4 Å². The number of ketones is 2. The fraction of sp³-hybridized carbons (Fsp3) is 0.741. The van der Waals surface area contributed by atoms with Gasteiger partial charge in [-0.05, 0) is 43.6 Å². The number of fused-ring (bicyclic) bond motifs is 5. The maximum atomic E-state index is 15.6. The van der Waals surface area contributed by atoms with Crippen LogP contribution in [0.15, 0.2) is 23.6 Å². The maximum absolute atomic E-state index is 15.6. The van der Waals surface area contributed by atoms with Gasteiger partial charge in [0.1, 0.15) is 6.17 Å². The number of rotatable bonds is 6. The highest BCUT2D eigenvalue weighted by molar-refractivity contribution is 6.29. The van der Waals surface area contributed by atoms with Gasteiger partial charge in [-0.2, -0.15) is 0 Å². The van der Waals surface area contributed by atoms with Crippen LogP contribution in [0.5, 0.6) is 0 Å². The fourth-order valence-electron chi connectivity index (χ4n) is 8.27. The quantitative estimate of drug-likeness (QED) is 0.398. The van der Waals surface area contributed by atoms with Gasteiger partial charge in [0.25, 0.3) is 0 Å². The minimum atomic E-state index is -1.69. The van der Waals surface area contributed by atoms with Gasteiger partial charge in [-0.15, -0.1) is 11.6 Å². The molecular formula is C27H35ClF2O5. The number of esters is 1. The predicted octanol–water partition coefficient (Wildman–Crippen LogP) is 5.04. The van der Waals surface area contributed by atoms with Gasteiger partial charge in [0.05, 0.1) is 12.0 Å². The number of hydrogen-bond donors (Lipinski definition) is 1. The number of carbonyl (C=O) groups is 3. The number of Topliss-reactive ketones (excluding diaryl/α,β-unsaturated/α-hetero) is 1. The second-order valence-corrected chi connectivity index (χ2v) is 11.7. The van der Waals surface area contributed by atoms with Crippen molar-refractivity contribution in [1.82, 2.24) is 0 Å². The number of alkyl halides is 2. The van der Waals surface area contributed by atoms with Gasteiger partial charge in [0.2, 0.25) is 5.78 Å². The minimum absolute atomic E-state index is 0.0664. The van der Waals surface area contributed by atoms with Gasteiger partial charge < -0.3 is 9.84 Å². The summed E-state index contributed by atoms with van der Waals surface area (Å²) in [5.41, 5.74) is -3.84. The Balaban J connectivity index is 1.80. The molecule has 3 unspecified atom stereocenters. The summed E-state index contributed by atoms with van der Waals surface area (Å²) >= 11 is 6.06.